The van der Waals surface area contributed by atoms with Crippen molar-refractivity contribution in [2.75, 3.05) is 11.1 Å². The molecule has 0 aliphatic carbocycles. The second-order valence-electron chi connectivity index (χ2n) is 7.31. The fourth-order valence-electron chi connectivity index (χ4n) is 3.11. The van der Waals surface area contributed by atoms with Crippen LogP contribution in [-0.2, 0) is 17.5 Å². The first-order chi connectivity index (χ1) is 16.1. The monoisotopic (exact) mass is 510 g/mol. The van der Waals surface area contributed by atoms with Crippen molar-refractivity contribution in [3.05, 3.63) is 77.1 Å². The Labute approximate surface area is 204 Å². The number of amides is 1. The molecule has 0 saturated heterocycles. The second kappa shape index (κ2) is 11.0. The molecule has 2 aromatic carbocycles. The minimum atomic E-state index is -4.58. The molecule has 1 amide bonds. The number of benzene rings is 2. The molecule has 1 aromatic heterocycles. The molecule has 34 heavy (non-hydrogen) atoms. The first kappa shape index (κ1) is 25.6. The van der Waals surface area contributed by atoms with Crippen molar-refractivity contribution in [2.24, 2.45) is 0 Å². The molecule has 0 aliphatic heterocycles. The van der Waals surface area contributed by atoms with Crippen LogP contribution in [0.2, 0.25) is 5.02 Å². The summed E-state index contributed by atoms with van der Waals surface area (Å²) >= 11 is 7.27. The maximum atomic E-state index is 13.2. The molecular formula is C23H22ClF3N4O2S. The molecule has 0 aliphatic rings. The van der Waals surface area contributed by atoms with E-state index in [1.54, 1.807) is 23.6 Å². The summed E-state index contributed by atoms with van der Waals surface area (Å²) in [5.41, 5.74) is -0.231. The van der Waals surface area contributed by atoms with E-state index in [4.69, 9.17) is 16.3 Å². The van der Waals surface area contributed by atoms with Gasteiger partial charge in [0, 0.05) is 6.54 Å². The van der Waals surface area contributed by atoms with Crippen molar-refractivity contribution >= 4 is 35.0 Å². The van der Waals surface area contributed by atoms with Crippen molar-refractivity contribution in [3.63, 3.8) is 0 Å². The minimum Gasteiger partial charge on any atom is -0.481 e. The standard InChI is InChI=1S/C23H22ClF3N4O2S/c1-4-11-31-21(15(3)33-19-12-14(2)9-10-17(19)24)29-30-22(31)34-13-20(32)28-18-8-6-5-7-16(18)23(25,26)27/h4-10,12,15H,1,11,13H2,2-3H3,(H,28,32). The van der Waals surface area contributed by atoms with E-state index >= 15 is 0 Å². The van der Waals surface area contributed by atoms with Gasteiger partial charge in [0.2, 0.25) is 5.91 Å². The number of nitrogens with one attached hydrogen (secondary N) is 1. The van der Waals surface area contributed by atoms with Crippen molar-refractivity contribution in [2.45, 2.75) is 37.8 Å². The largest absolute Gasteiger partial charge is 0.481 e. The molecule has 0 fully saturated rings. The Morgan fingerprint density at radius 2 is 2.03 bits per heavy atom. The number of hydrogen-bond acceptors (Lipinski definition) is 5. The van der Waals surface area contributed by atoms with Crippen LogP contribution in [-0.4, -0.2) is 26.4 Å². The van der Waals surface area contributed by atoms with Crippen molar-refractivity contribution in [3.8, 4) is 5.75 Å². The lowest BCUT2D eigenvalue weighted by atomic mass is 10.1. The highest BCUT2D eigenvalue weighted by atomic mass is 35.5. The van der Waals surface area contributed by atoms with E-state index in [9.17, 15) is 18.0 Å². The maximum Gasteiger partial charge on any atom is 0.418 e. The Hall–Kier alpha value is -2.98. The van der Waals surface area contributed by atoms with Crippen LogP contribution in [0.4, 0.5) is 18.9 Å². The van der Waals surface area contributed by atoms with Crippen molar-refractivity contribution < 1.29 is 22.7 Å². The molecule has 1 heterocycles. The van der Waals surface area contributed by atoms with Crippen LogP contribution in [0, 0.1) is 6.92 Å². The molecule has 0 saturated carbocycles. The number of nitrogens with zero attached hydrogens (tertiary/aromatic N) is 3. The summed E-state index contributed by atoms with van der Waals surface area (Å²) < 4.78 is 47.2. The van der Waals surface area contributed by atoms with E-state index in [1.165, 1.54) is 18.2 Å². The predicted molar refractivity (Wildman–Crippen MR) is 126 cm³/mol. The molecule has 1 N–H and O–H groups in total. The van der Waals surface area contributed by atoms with Gasteiger partial charge in [-0.05, 0) is 43.7 Å². The molecular weight excluding hydrogens is 489 g/mol. The summed E-state index contributed by atoms with van der Waals surface area (Å²) in [6, 6.07) is 10.2. The highest BCUT2D eigenvalue weighted by molar-refractivity contribution is 7.99. The molecule has 0 spiro atoms. The van der Waals surface area contributed by atoms with Gasteiger partial charge >= 0.3 is 6.18 Å². The average Bonchev–Trinajstić information content (AvgIpc) is 3.17. The van der Waals surface area contributed by atoms with Crippen LogP contribution in [0.3, 0.4) is 0 Å². The number of hydrogen-bond donors (Lipinski definition) is 1. The lowest BCUT2D eigenvalue weighted by Gasteiger charge is -2.17. The summed E-state index contributed by atoms with van der Waals surface area (Å²) in [7, 11) is 0. The van der Waals surface area contributed by atoms with Crippen LogP contribution in [0.15, 0.2) is 60.3 Å². The van der Waals surface area contributed by atoms with E-state index in [0.717, 1.165) is 23.4 Å². The first-order valence-electron chi connectivity index (χ1n) is 10.2. The van der Waals surface area contributed by atoms with E-state index in [2.05, 4.69) is 22.1 Å². The number of carbonyl (C=O) groups is 1. The summed E-state index contributed by atoms with van der Waals surface area (Å²) in [5, 5.41) is 11.5. The Bertz CT molecular complexity index is 1180. The van der Waals surface area contributed by atoms with Crippen LogP contribution >= 0.6 is 23.4 Å². The molecule has 3 aromatic rings. The van der Waals surface area contributed by atoms with Crippen LogP contribution in [0.25, 0.3) is 0 Å². The normalized spacial score (nSPS) is 12.3. The number of aromatic nitrogens is 3. The number of halogens is 4. The summed E-state index contributed by atoms with van der Waals surface area (Å²) in [6.07, 6.45) is -3.46. The number of para-hydroxylation sites is 1. The van der Waals surface area contributed by atoms with Crippen LogP contribution in [0.5, 0.6) is 5.75 Å². The third kappa shape index (κ3) is 6.32. The van der Waals surface area contributed by atoms with Gasteiger partial charge in [-0.25, -0.2) is 0 Å². The van der Waals surface area contributed by atoms with Crippen molar-refractivity contribution in [1.82, 2.24) is 14.8 Å². The van der Waals surface area contributed by atoms with E-state index in [0.29, 0.717) is 28.3 Å². The van der Waals surface area contributed by atoms with Gasteiger partial charge in [0.25, 0.3) is 0 Å². The van der Waals surface area contributed by atoms with E-state index in [1.807, 2.05) is 19.1 Å². The molecule has 180 valence electrons. The average molecular weight is 511 g/mol. The van der Waals surface area contributed by atoms with Crippen LogP contribution in [0.1, 0.15) is 30.0 Å². The zero-order valence-electron chi connectivity index (χ0n) is 18.4. The Kier molecular flexibility index (Phi) is 8.27. The second-order valence-corrected chi connectivity index (χ2v) is 8.66. The quantitative estimate of drug-likeness (QED) is 0.269. The SMILES string of the molecule is C=CCn1c(SCC(=O)Nc2ccccc2C(F)(F)F)nnc1C(C)Oc1cc(C)ccc1Cl. The van der Waals surface area contributed by atoms with Gasteiger partial charge in [-0.2, -0.15) is 13.2 Å². The van der Waals surface area contributed by atoms with Gasteiger partial charge in [-0.15, -0.1) is 16.8 Å². The Balaban J connectivity index is 1.72. The number of thioether (sulfide) groups is 1. The highest BCUT2D eigenvalue weighted by Crippen LogP contribution is 2.35. The topological polar surface area (TPSA) is 69.0 Å². The van der Waals surface area contributed by atoms with Gasteiger partial charge in [0.1, 0.15) is 5.75 Å². The fraction of sp³-hybridized carbons (Fsp3) is 0.261. The maximum absolute atomic E-state index is 13.2. The zero-order chi connectivity index (χ0) is 24.9. The van der Waals surface area contributed by atoms with Gasteiger partial charge < -0.3 is 10.1 Å². The summed E-state index contributed by atoms with van der Waals surface area (Å²) in [5.74, 6) is 0.217. The molecule has 1 unspecified atom stereocenters. The third-order valence-electron chi connectivity index (χ3n) is 4.65. The van der Waals surface area contributed by atoms with Gasteiger partial charge in [-0.3, -0.25) is 9.36 Å². The fourth-order valence-corrected chi connectivity index (χ4v) is 4.02. The number of carbonyl (C=O) groups excluding carboxylic acids is 1. The minimum absolute atomic E-state index is 0.166. The number of alkyl halides is 3. The molecule has 3 rings (SSSR count). The van der Waals surface area contributed by atoms with Crippen LogP contribution < -0.4 is 10.1 Å². The molecule has 1 atom stereocenters. The first-order valence-corrected chi connectivity index (χ1v) is 11.5. The number of ether oxygens (including phenoxy) is 1. The lowest BCUT2D eigenvalue weighted by Crippen LogP contribution is -2.18. The van der Waals surface area contributed by atoms with Crippen molar-refractivity contribution in [1.29, 1.82) is 0 Å². The molecule has 0 radical (unpaired) electrons. The smallest absolute Gasteiger partial charge is 0.418 e. The number of rotatable bonds is 9. The molecule has 6 nitrogen and oxygen atoms in total. The number of allylic oxidation sites excluding steroid dienone is 1. The Morgan fingerprint density at radius 3 is 2.74 bits per heavy atom. The lowest BCUT2D eigenvalue weighted by molar-refractivity contribution is -0.137. The predicted octanol–water partition coefficient (Wildman–Crippen LogP) is 6.32. The van der Waals surface area contributed by atoms with Gasteiger partial charge in [0.15, 0.2) is 17.1 Å². The Morgan fingerprint density at radius 1 is 1.29 bits per heavy atom. The zero-order valence-corrected chi connectivity index (χ0v) is 20.0. The van der Waals surface area contributed by atoms with Gasteiger partial charge in [0.05, 0.1) is 22.0 Å². The highest BCUT2D eigenvalue weighted by Gasteiger charge is 2.33. The summed E-state index contributed by atoms with van der Waals surface area (Å²) in [4.78, 5) is 12.4. The molecule has 0 bridgehead atoms. The van der Waals surface area contributed by atoms with E-state index in [-0.39, 0.29) is 11.4 Å². The van der Waals surface area contributed by atoms with Gasteiger partial charge in [-0.1, -0.05) is 47.6 Å². The number of anilines is 1. The van der Waals surface area contributed by atoms with E-state index < -0.39 is 23.8 Å². The number of aryl methyl sites for hydroxylation is 1. The third-order valence-corrected chi connectivity index (χ3v) is 5.93. The molecule has 11 heteroatoms. The summed E-state index contributed by atoms with van der Waals surface area (Å²) in [6.45, 7) is 7.79.